The van der Waals surface area contributed by atoms with Crippen LogP contribution in [-0.4, -0.2) is 46.5 Å². The molecule has 1 aliphatic heterocycles. The predicted octanol–water partition coefficient (Wildman–Crippen LogP) is 4.38. The molecular formula is C22H26F3N3. The maximum atomic E-state index is 13.2. The summed E-state index contributed by atoms with van der Waals surface area (Å²) in [4.78, 5) is 9.00. The van der Waals surface area contributed by atoms with Crippen molar-refractivity contribution in [3.8, 4) is 0 Å². The molecule has 1 saturated carbocycles. The average Bonchev–Trinajstić information content (AvgIpc) is 3.48. The van der Waals surface area contributed by atoms with Crippen LogP contribution in [-0.2, 0) is 19.1 Å². The van der Waals surface area contributed by atoms with E-state index in [1.165, 1.54) is 17.8 Å². The number of piperazine rings is 1. The molecule has 1 aromatic carbocycles. The minimum Gasteiger partial charge on any atom is -0.297 e. The Labute approximate surface area is 164 Å². The van der Waals surface area contributed by atoms with Gasteiger partial charge in [0.1, 0.15) is 0 Å². The zero-order valence-corrected chi connectivity index (χ0v) is 16.0. The molecule has 0 atom stereocenters. The van der Waals surface area contributed by atoms with Gasteiger partial charge in [-0.3, -0.25) is 14.8 Å². The van der Waals surface area contributed by atoms with Gasteiger partial charge in [-0.1, -0.05) is 30.3 Å². The van der Waals surface area contributed by atoms with Gasteiger partial charge < -0.3 is 0 Å². The number of aromatic nitrogens is 1. The largest absolute Gasteiger partial charge is 0.418 e. The molecule has 6 heteroatoms. The van der Waals surface area contributed by atoms with E-state index >= 15 is 0 Å². The van der Waals surface area contributed by atoms with Crippen LogP contribution in [0, 0.1) is 0 Å². The molecule has 0 amide bonds. The third-order valence-corrected chi connectivity index (χ3v) is 6.14. The molecule has 0 unspecified atom stereocenters. The first-order valence-electron chi connectivity index (χ1n) is 9.99. The fourth-order valence-corrected chi connectivity index (χ4v) is 4.34. The summed E-state index contributed by atoms with van der Waals surface area (Å²) in [5, 5.41) is 0. The Kier molecular flexibility index (Phi) is 5.43. The monoisotopic (exact) mass is 389 g/mol. The van der Waals surface area contributed by atoms with Crippen molar-refractivity contribution in [1.82, 2.24) is 14.8 Å². The van der Waals surface area contributed by atoms with Crippen molar-refractivity contribution in [3.05, 3.63) is 65.5 Å². The minimum atomic E-state index is -4.33. The maximum Gasteiger partial charge on any atom is 0.418 e. The Hall–Kier alpha value is -1.92. The quantitative estimate of drug-likeness (QED) is 0.731. The first-order chi connectivity index (χ1) is 13.5. The Morgan fingerprint density at radius 1 is 0.929 bits per heavy atom. The molecule has 1 aliphatic carbocycles. The van der Waals surface area contributed by atoms with Crippen LogP contribution < -0.4 is 0 Å². The van der Waals surface area contributed by atoms with Crippen LogP contribution in [0.1, 0.15) is 36.1 Å². The molecule has 0 radical (unpaired) electrons. The predicted molar refractivity (Wildman–Crippen MR) is 103 cm³/mol. The standard InChI is InChI=1S/C22H26F3N3/c23-22(24,25)19-7-4-12-26-20(19)8-9-21(10-11-21)28-15-13-27(14-16-28)17-18-5-2-1-3-6-18/h1-7,12H,8-11,13-17H2. The lowest BCUT2D eigenvalue weighted by molar-refractivity contribution is -0.138. The van der Waals surface area contributed by atoms with Crippen molar-refractivity contribution < 1.29 is 13.2 Å². The molecule has 2 aromatic rings. The third kappa shape index (κ3) is 4.39. The fourth-order valence-electron chi connectivity index (χ4n) is 4.34. The van der Waals surface area contributed by atoms with Gasteiger partial charge in [-0.15, -0.1) is 0 Å². The van der Waals surface area contributed by atoms with Crippen LogP contribution in [0.3, 0.4) is 0 Å². The molecule has 0 N–H and O–H groups in total. The van der Waals surface area contributed by atoms with Gasteiger partial charge in [0.2, 0.25) is 0 Å². The Morgan fingerprint density at radius 3 is 2.29 bits per heavy atom. The molecule has 28 heavy (non-hydrogen) atoms. The normalized spacial score (nSPS) is 20.2. The van der Waals surface area contributed by atoms with Crippen molar-refractivity contribution in [2.24, 2.45) is 0 Å². The Morgan fingerprint density at radius 2 is 1.64 bits per heavy atom. The second-order valence-corrected chi connectivity index (χ2v) is 7.97. The van der Waals surface area contributed by atoms with Gasteiger partial charge in [-0.05, 0) is 43.4 Å². The Bertz CT molecular complexity index is 779. The molecule has 2 aliphatic rings. The van der Waals surface area contributed by atoms with E-state index < -0.39 is 11.7 Å². The van der Waals surface area contributed by atoms with E-state index in [2.05, 4.69) is 39.0 Å². The van der Waals surface area contributed by atoms with E-state index in [9.17, 15) is 13.2 Å². The fraction of sp³-hybridized carbons (Fsp3) is 0.500. The first-order valence-corrected chi connectivity index (χ1v) is 9.99. The summed E-state index contributed by atoms with van der Waals surface area (Å²) in [7, 11) is 0. The van der Waals surface area contributed by atoms with Gasteiger partial charge in [-0.25, -0.2) is 0 Å². The van der Waals surface area contributed by atoms with Crippen LogP contribution in [0.15, 0.2) is 48.7 Å². The van der Waals surface area contributed by atoms with Crippen LogP contribution in [0.2, 0.25) is 0 Å². The van der Waals surface area contributed by atoms with Crippen molar-refractivity contribution in [2.45, 2.75) is 43.9 Å². The first kappa shape index (κ1) is 19.4. The molecule has 0 spiro atoms. The topological polar surface area (TPSA) is 19.4 Å². The van der Waals surface area contributed by atoms with Gasteiger partial charge in [-0.2, -0.15) is 13.2 Å². The summed E-state index contributed by atoms with van der Waals surface area (Å²) >= 11 is 0. The lowest BCUT2D eigenvalue weighted by Crippen LogP contribution is -2.51. The number of halogens is 3. The number of hydrogen-bond donors (Lipinski definition) is 0. The summed E-state index contributed by atoms with van der Waals surface area (Å²) < 4.78 is 39.6. The van der Waals surface area contributed by atoms with E-state index in [1.54, 1.807) is 0 Å². The maximum absolute atomic E-state index is 13.2. The molecule has 4 rings (SSSR count). The number of alkyl halides is 3. The summed E-state index contributed by atoms with van der Waals surface area (Å²) in [5.74, 6) is 0. The highest BCUT2D eigenvalue weighted by molar-refractivity contribution is 5.24. The molecule has 1 saturated heterocycles. The van der Waals surface area contributed by atoms with Crippen LogP contribution in [0.4, 0.5) is 13.2 Å². The molecule has 0 bridgehead atoms. The zero-order valence-electron chi connectivity index (χ0n) is 16.0. The van der Waals surface area contributed by atoms with Gasteiger partial charge in [0.05, 0.1) is 11.3 Å². The number of pyridine rings is 1. The van der Waals surface area contributed by atoms with Crippen molar-refractivity contribution in [3.63, 3.8) is 0 Å². The lowest BCUT2D eigenvalue weighted by atomic mass is 10.0. The second-order valence-electron chi connectivity index (χ2n) is 7.97. The summed E-state index contributed by atoms with van der Waals surface area (Å²) in [6, 6.07) is 13.0. The van der Waals surface area contributed by atoms with Crippen LogP contribution in [0.25, 0.3) is 0 Å². The van der Waals surface area contributed by atoms with Gasteiger partial charge in [0, 0.05) is 44.5 Å². The third-order valence-electron chi connectivity index (χ3n) is 6.14. The SMILES string of the molecule is FC(F)(F)c1cccnc1CCC1(N2CCN(Cc3ccccc3)CC2)CC1. The minimum absolute atomic E-state index is 0.0826. The highest BCUT2D eigenvalue weighted by Gasteiger charge is 2.48. The van der Waals surface area contributed by atoms with E-state index in [4.69, 9.17) is 0 Å². The molecular weight excluding hydrogens is 363 g/mol. The van der Waals surface area contributed by atoms with Crippen LogP contribution >= 0.6 is 0 Å². The zero-order chi connectivity index (χ0) is 19.6. The second kappa shape index (κ2) is 7.84. The number of benzene rings is 1. The van der Waals surface area contributed by atoms with E-state index in [0.717, 1.165) is 58.1 Å². The van der Waals surface area contributed by atoms with Gasteiger partial charge in [0.15, 0.2) is 0 Å². The van der Waals surface area contributed by atoms with E-state index in [-0.39, 0.29) is 11.2 Å². The molecule has 1 aromatic heterocycles. The average molecular weight is 389 g/mol. The molecule has 2 heterocycles. The summed E-state index contributed by atoms with van der Waals surface area (Å²) in [6.45, 7) is 4.95. The number of aryl methyl sites for hydroxylation is 1. The molecule has 2 fully saturated rings. The summed E-state index contributed by atoms with van der Waals surface area (Å²) in [6.07, 6.45) is 0.446. The molecule has 150 valence electrons. The smallest absolute Gasteiger partial charge is 0.297 e. The summed E-state index contributed by atoms with van der Waals surface area (Å²) in [5.41, 5.74) is 1.01. The van der Waals surface area contributed by atoms with Crippen molar-refractivity contribution in [1.29, 1.82) is 0 Å². The van der Waals surface area contributed by atoms with Crippen molar-refractivity contribution >= 4 is 0 Å². The van der Waals surface area contributed by atoms with Crippen LogP contribution in [0.5, 0.6) is 0 Å². The highest BCUT2D eigenvalue weighted by Crippen LogP contribution is 2.46. The molecule has 3 nitrogen and oxygen atoms in total. The van der Waals surface area contributed by atoms with Crippen molar-refractivity contribution in [2.75, 3.05) is 26.2 Å². The van der Waals surface area contributed by atoms with E-state index in [1.807, 2.05) is 6.07 Å². The number of nitrogens with zero attached hydrogens (tertiary/aromatic N) is 3. The lowest BCUT2D eigenvalue weighted by Gasteiger charge is -2.40. The van der Waals surface area contributed by atoms with Gasteiger partial charge in [0.25, 0.3) is 0 Å². The van der Waals surface area contributed by atoms with E-state index in [0.29, 0.717) is 6.42 Å². The van der Waals surface area contributed by atoms with Gasteiger partial charge >= 0.3 is 6.18 Å². The highest BCUT2D eigenvalue weighted by atomic mass is 19.4. The number of hydrogen-bond acceptors (Lipinski definition) is 3. The Balaban J connectivity index is 1.32. The number of rotatable bonds is 6.